The molecule has 4 N–H and O–H groups in total. The van der Waals surface area contributed by atoms with Gasteiger partial charge in [-0.2, -0.15) is 0 Å². The van der Waals surface area contributed by atoms with Gasteiger partial charge in [-0.3, -0.25) is 4.99 Å². The Bertz CT molecular complexity index is 336. The summed E-state index contributed by atoms with van der Waals surface area (Å²) in [6.45, 7) is 8.00. The fraction of sp³-hybridized carbons (Fsp3) is 0.462. The molecule has 0 radical (unpaired) electrons. The van der Waals surface area contributed by atoms with Gasteiger partial charge in [-0.1, -0.05) is 27.7 Å². The molecule has 0 saturated heterocycles. The Hall–Kier alpha value is -1.71. The van der Waals surface area contributed by atoms with Gasteiger partial charge in [-0.05, 0) is 6.07 Å². The van der Waals surface area contributed by atoms with E-state index in [2.05, 4.69) is 4.99 Å². The number of rotatable bonds is 2. The summed E-state index contributed by atoms with van der Waals surface area (Å²) >= 11 is 0. The van der Waals surface area contributed by atoms with Crippen molar-refractivity contribution < 1.29 is 4.74 Å². The molecule has 0 aliphatic carbocycles. The van der Waals surface area contributed by atoms with Gasteiger partial charge < -0.3 is 16.2 Å². The molecule has 0 heterocycles. The Balaban J connectivity index is 0. The second-order valence-corrected chi connectivity index (χ2v) is 2.61. The van der Waals surface area contributed by atoms with E-state index in [0.29, 0.717) is 17.1 Å². The van der Waals surface area contributed by atoms with Crippen LogP contribution in [0.4, 0.5) is 11.4 Å². The van der Waals surface area contributed by atoms with E-state index < -0.39 is 0 Å². The average Bonchev–Trinajstić information content (AvgIpc) is 2.38. The van der Waals surface area contributed by atoms with E-state index >= 15 is 0 Å². The van der Waals surface area contributed by atoms with E-state index in [4.69, 9.17) is 16.2 Å². The van der Waals surface area contributed by atoms with Gasteiger partial charge in [0.1, 0.15) is 5.75 Å². The SMILES string of the molecule is CC.CC.CN=Cc1cc(N)c(OC)cc1N. The van der Waals surface area contributed by atoms with Crippen LogP contribution in [0.15, 0.2) is 17.1 Å². The van der Waals surface area contributed by atoms with Gasteiger partial charge >= 0.3 is 0 Å². The van der Waals surface area contributed by atoms with Crippen LogP contribution in [0.5, 0.6) is 5.75 Å². The van der Waals surface area contributed by atoms with Crippen LogP contribution in [0.2, 0.25) is 0 Å². The Labute approximate surface area is 105 Å². The Morgan fingerprint density at radius 2 is 1.59 bits per heavy atom. The fourth-order valence-electron chi connectivity index (χ4n) is 1.06. The summed E-state index contributed by atoms with van der Waals surface area (Å²) < 4.78 is 5.01. The monoisotopic (exact) mass is 239 g/mol. The van der Waals surface area contributed by atoms with Crippen molar-refractivity contribution in [3.63, 3.8) is 0 Å². The van der Waals surface area contributed by atoms with E-state index in [1.165, 1.54) is 0 Å². The van der Waals surface area contributed by atoms with Crippen LogP contribution >= 0.6 is 0 Å². The summed E-state index contributed by atoms with van der Waals surface area (Å²) in [5.74, 6) is 0.589. The van der Waals surface area contributed by atoms with Crippen LogP contribution in [0.25, 0.3) is 0 Å². The number of nitrogens with zero attached hydrogens (tertiary/aromatic N) is 1. The van der Waals surface area contributed by atoms with Crippen LogP contribution < -0.4 is 16.2 Å². The van der Waals surface area contributed by atoms with Crippen molar-refractivity contribution >= 4 is 17.6 Å². The lowest BCUT2D eigenvalue weighted by Crippen LogP contribution is -1.99. The maximum Gasteiger partial charge on any atom is 0.143 e. The molecule has 0 spiro atoms. The van der Waals surface area contributed by atoms with E-state index in [9.17, 15) is 0 Å². The third-order valence-corrected chi connectivity index (χ3v) is 1.70. The van der Waals surface area contributed by atoms with Crippen molar-refractivity contribution in [1.82, 2.24) is 0 Å². The normalized spacial score (nSPS) is 8.82. The van der Waals surface area contributed by atoms with E-state index in [-0.39, 0.29) is 0 Å². The van der Waals surface area contributed by atoms with Crippen molar-refractivity contribution in [1.29, 1.82) is 0 Å². The number of methoxy groups -OCH3 is 1. The third kappa shape index (κ3) is 5.80. The molecule has 4 heteroatoms. The molecule has 0 saturated carbocycles. The maximum absolute atomic E-state index is 5.73. The summed E-state index contributed by atoms with van der Waals surface area (Å²) in [6.07, 6.45) is 1.66. The van der Waals surface area contributed by atoms with E-state index in [1.807, 2.05) is 27.7 Å². The quantitative estimate of drug-likeness (QED) is 0.615. The molecule has 0 aromatic heterocycles. The van der Waals surface area contributed by atoms with Crippen molar-refractivity contribution in [3.8, 4) is 5.75 Å². The first kappa shape index (κ1) is 17.7. The molecular formula is C13H25N3O. The largest absolute Gasteiger partial charge is 0.495 e. The van der Waals surface area contributed by atoms with Crippen LogP contribution in [-0.4, -0.2) is 20.4 Å². The highest BCUT2D eigenvalue weighted by Crippen LogP contribution is 2.26. The number of nitrogen functional groups attached to an aromatic ring is 2. The van der Waals surface area contributed by atoms with Gasteiger partial charge in [0.25, 0.3) is 0 Å². The molecule has 0 aliphatic rings. The molecule has 4 nitrogen and oxygen atoms in total. The minimum atomic E-state index is 0.562. The molecule has 0 unspecified atom stereocenters. The summed E-state index contributed by atoms with van der Waals surface area (Å²) in [4.78, 5) is 3.86. The van der Waals surface area contributed by atoms with Gasteiger partial charge in [0, 0.05) is 30.6 Å². The van der Waals surface area contributed by atoms with Crippen LogP contribution in [0, 0.1) is 0 Å². The number of aliphatic imine (C=N–C) groups is 1. The first-order chi connectivity index (χ1) is 8.19. The molecule has 98 valence electrons. The summed E-state index contributed by atoms with van der Waals surface area (Å²) in [7, 11) is 3.23. The van der Waals surface area contributed by atoms with Crippen molar-refractivity contribution in [2.45, 2.75) is 27.7 Å². The number of nitrogens with two attached hydrogens (primary N) is 2. The maximum atomic E-state index is 5.73. The smallest absolute Gasteiger partial charge is 0.143 e. The lowest BCUT2D eigenvalue weighted by molar-refractivity contribution is 0.417. The van der Waals surface area contributed by atoms with Crippen molar-refractivity contribution in [2.75, 3.05) is 25.6 Å². The van der Waals surface area contributed by atoms with Crippen LogP contribution in [0.3, 0.4) is 0 Å². The second kappa shape index (κ2) is 10.8. The Morgan fingerprint density at radius 1 is 1.06 bits per heavy atom. The summed E-state index contributed by atoms with van der Waals surface area (Å²) in [6, 6.07) is 3.42. The highest BCUT2D eigenvalue weighted by Gasteiger charge is 2.03. The van der Waals surface area contributed by atoms with Crippen molar-refractivity contribution in [2.24, 2.45) is 4.99 Å². The highest BCUT2D eigenvalue weighted by atomic mass is 16.5. The highest BCUT2D eigenvalue weighted by molar-refractivity contribution is 5.89. The number of anilines is 2. The first-order valence-corrected chi connectivity index (χ1v) is 5.84. The fourth-order valence-corrected chi connectivity index (χ4v) is 1.06. The topological polar surface area (TPSA) is 73.6 Å². The van der Waals surface area contributed by atoms with Gasteiger partial charge in [-0.25, -0.2) is 0 Å². The zero-order valence-electron chi connectivity index (χ0n) is 11.7. The van der Waals surface area contributed by atoms with Crippen molar-refractivity contribution in [3.05, 3.63) is 17.7 Å². The minimum absolute atomic E-state index is 0.562. The van der Waals surface area contributed by atoms with Gasteiger partial charge in [0.05, 0.1) is 12.8 Å². The van der Waals surface area contributed by atoms with Crippen LogP contribution in [-0.2, 0) is 0 Å². The summed E-state index contributed by atoms with van der Waals surface area (Å²) in [5, 5.41) is 0. The molecule has 0 aliphatic heterocycles. The average molecular weight is 239 g/mol. The predicted octanol–water partition coefficient (Wildman–Crippen LogP) is 2.96. The molecular weight excluding hydrogens is 214 g/mol. The lowest BCUT2D eigenvalue weighted by atomic mass is 10.1. The van der Waals surface area contributed by atoms with E-state index in [1.54, 1.807) is 32.5 Å². The molecule has 0 amide bonds. The number of hydrogen-bond acceptors (Lipinski definition) is 4. The standard InChI is InChI=1S/C9H13N3O.2C2H6/c1-12-5-6-3-8(11)9(13-2)4-7(6)10;2*1-2/h3-5H,10-11H2,1-2H3;2*1-2H3. The number of benzene rings is 1. The Kier molecular flexibility index (Phi) is 11.2. The number of hydrogen-bond donors (Lipinski definition) is 2. The zero-order valence-corrected chi connectivity index (χ0v) is 11.7. The van der Waals surface area contributed by atoms with Gasteiger partial charge in [-0.15, -0.1) is 0 Å². The molecule has 1 aromatic carbocycles. The van der Waals surface area contributed by atoms with Gasteiger partial charge in [0.2, 0.25) is 0 Å². The molecule has 0 bridgehead atoms. The Morgan fingerprint density at radius 3 is 2.00 bits per heavy atom. The first-order valence-electron chi connectivity index (χ1n) is 5.84. The molecule has 1 aromatic rings. The molecule has 17 heavy (non-hydrogen) atoms. The number of ether oxygens (including phenoxy) is 1. The minimum Gasteiger partial charge on any atom is -0.495 e. The van der Waals surface area contributed by atoms with Crippen LogP contribution in [0.1, 0.15) is 33.3 Å². The molecule has 0 atom stereocenters. The predicted molar refractivity (Wildman–Crippen MR) is 78.0 cm³/mol. The molecule has 0 fully saturated rings. The zero-order chi connectivity index (χ0) is 13.8. The van der Waals surface area contributed by atoms with E-state index in [0.717, 1.165) is 5.56 Å². The second-order valence-electron chi connectivity index (χ2n) is 2.61. The third-order valence-electron chi connectivity index (χ3n) is 1.70. The van der Waals surface area contributed by atoms with Gasteiger partial charge in [0.15, 0.2) is 0 Å². The molecule has 1 rings (SSSR count). The lowest BCUT2D eigenvalue weighted by Gasteiger charge is -2.07. The summed E-state index contributed by atoms with van der Waals surface area (Å²) in [5.41, 5.74) is 13.4.